The monoisotopic (exact) mass is 291 g/mol. The fraction of sp³-hybridized carbons (Fsp3) is 0.533. The molecule has 1 amide bonds. The lowest BCUT2D eigenvalue weighted by atomic mass is 10.1. The Kier molecular flexibility index (Phi) is 4.90. The summed E-state index contributed by atoms with van der Waals surface area (Å²) < 4.78 is 0. The average Bonchev–Trinajstić information content (AvgIpc) is 2.53. The zero-order valence-corrected chi connectivity index (χ0v) is 12.5. The van der Waals surface area contributed by atoms with Crippen LogP contribution in [0.4, 0.5) is 0 Å². The highest BCUT2D eigenvalue weighted by atomic mass is 16.4. The van der Waals surface area contributed by atoms with Gasteiger partial charge in [-0.25, -0.2) is 9.78 Å². The number of hydrogen-bond donors (Lipinski definition) is 1. The van der Waals surface area contributed by atoms with E-state index in [1.165, 1.54) is 18.3 Å². The molecule has 114 valence electrons. The summed E-state index contributed by atoms with van der Waals surface area (Å²) in [7, 11) is 0. The third-order valence-electron chi connectivity index (χ3n) is 4.05. The van der Waals surface area contributed by atoms with Crippen molar-refractivity contribution < 1.29 is 14.7 Å². The summed E-state index contributed by atoms with van der Waals surface area (Å²) in [5.74, 6) is -1.17. The number of piperazine rings is 1. The lowest BCUT2D eigenvalue weighted by Crippen LogP contribution is -2.51. The molecule has 0 saturated carbocycles. The molecule has 1 atom stereocenters. The number of rotatable bonds is 4. The third kappa shape index (κ3) is 3.58. The van der Waals surface area contributed by atoms with Crippen LogP contribution < -0.4 is 0 Å². The SMILES string of the molecule is CCC(C)N1CCN(C(=O)c2ccc(C(=O)O)nc2)CC1. The average molecular weight is 291 g/mol. The fourth-order valence-electron chi connectivity index (χ4n) is 2.45. The molecule has 1 saturated heterocycles. The smallest absolute Gasteiger partial charge is 0.354 e. The van der Waals surface area contributed by atoms with Gasteiger partial charge in [0, 0.05) is 38.4 Å². The first kappa shape index (κ1) is 15.4. The molecular formula is C15H21N3O3. The highest BCUT2D eigenvalue weighted by Gasteiger charge is 2.24. The third-order valence-corrected chi connectivity index (χ3v) is 4.05. The van der Waals surface area contributed by atoms with Gasteiger partial charge in [-0.1, -0.05) is 6.92 Å². The summed E-state index contributed by atoms with van der Waals surface area (Å²) in [6.07, 6.45) is 2.45. The Morgan fingerprint density at radius 1 is 1.29 bits per heavy atom. The minimum atomic E-state index is -1.09. The predicted molar refractivity (Wildman–Crippen MR) is 78.4 cm³/mol. The van der Waals surface area contributed by atoms with Gasteiger partial charge >= 0.3 is 5.97 Å². The number of aromatic nitrogens is 1. The van der Waals surface area contributed by atoms with Gasteiger partial charge in [0.1, 0.15) is 5.69 Å². The van der Waals surface area contributed by atoms with Crippen LogP contribution in [0.2, 0.25) is 0 Å². The van der Waals surface area contributed by atoms with E-state index in [1.54, 1.807) is 4.90 Å². The first-order valence-electron chi connectivity index (χ1n) is 7.25. The van der Waals surface area contributed by atoms with E-state index in [-0.39, 0.29) is 11.6 Å². The molecule has 0 bridgehead atoms. The number of aromatic carboxylic acids is 1. The molecule has 0 aromatic carbocycles. The second-order valence-electron chi connectivity index (χ2n) is 5.32. The molecule has 1 N–H and O–H groups in total. The summed E-state index contributed by atoms with van der Waals surface area (Å²) in [5, 5.41) is 8.80. The van der Waals surface area contributed by atoms with Crippen molar-refractivity contribution in [3.63, 3.8) is 0 Å². The summed E-state index contributed by atoms with van der Waals surface area (Å²) >= 11 is 0. The second kappa shape index (κ2) is 6.67. The minimum Gasteiger partial charge on any atom is -0.477 e. The molecule has 2 rings (SSSR count). The van der Waals surface area contributed by atoms with Gasteiger partial charge in [0.15, 0.2) is 0 Å². The fourth-order valence-corrected chi connectivity index (χ4v) is 2.45. The zero-order chi connectivity index (χ0) is 15.4. The number of carboxylic acids is 1. The highest BCUT2D eigenvalue weighted by Crippen LogP contribution is 2.12. The Morgan fingerprint density at radius 3 is 2.43 bits per heavy atom. The van der Waals surface area contributed by atoms with Gasteiger partial charge in [0.25, 0.3) is 5.91 Å². The van der Waals surface area contributed by atoms with E-state index in [0.29, 0.717) is 24.7 Å². The first-order valence-corrected chi connectivity index (χ1v) is 7.25. The van der Waals surface area contributed by atoms with Crippen molar-refractivity contribution in [2.45, 2.75) is 26.3 Å². The van der Waals surface area contributed by atoms with Crippen molar-refractivity contribution in [2.24, 2.45) is 0 Å². The number of carboxylic acid groups (broad SMARTS) is 1. The largest absolute Gasteiger partial charge is 0.477 e. The lowest BCUT2D eigenvalue weighted by molar-refractivity contribution is 0.0577. The van der Waals surface area contributed by atoms with E-state index in [4.69, 9.17) is 5.11 Å². The maximum absolute atomic E-state index is 12.3. The molecule has 1 unspecified atom stereocenters. The molecule has 2 heterocycles. The van der Waals surface area contributed by atoms with Crippen LogP contribution >= 0.6 is 0 Å². The van der Waals surface area contributed by atoms with E-state index < -0.39 is 5.97 Å². The second-order valence-corrected chi connectivity index (χ2v) is 5.32. The first-order chi connectivity index (χ1) is 10.0. The van der Waals surface area contributed by atoms with Crippen LogP contribution in [0.5, 0.6) is 0 Å². The van der Waals surface area contributed by atoms with Crippen molar-refractivity contribution >= 4 is 11.9 Å². The van der Waals surface area contributed by atoms with Crippen LogP contribution in [0.3, 0.4) is 0 Å². The molecule has 0 aliphatic carbocycles. The highest BCUT2D eigenvalue weighted by molar-refractivity contribution is 5.95. The summed E-state index contributed by atoms with van der Waals surface area (Å²) in [6.45, 7) is 7.51. The van der Waals surface area contributed by atoms with Gasteiger partial charge in [-0.2, -0.15) is 0 Å². The van der Waals surface area contributed by atoms with Crippen LogP contribution in [0, 0.1) is 0 Å². The molecular weight excluding hydrogens is 270 g/mol. The van der Waals surface area contributed by atoms with Gasteiger partial charge in [-0.15, -0.1) is 0 Å². The Bertz CT molecular complexity index is 507. The molecule has 6 nitrogen and oxygen atoms in total. The Hall–Kier alpha value is -1.95. The van der Waals surface area contributed by atoms with Crippen LogP contribution in [0.25, 0.3) is 0 Å². The molecule has 1 aromatic rings. The van der Waals surface area contributed by atoms with E-state index in [0.717, 1.165) is 19.5 Å². The van der Waals surface area contributed by atoms with Crippen molar-refractivity contribution in [3.8, 4) is 0 Å². The van der Waals surface area contributed by atoms with Gasteiger partial charge in [0.05, 0.1) is 5.56 Å². The Morgan fingerprint density at radius 2 is 1.95 bits per heavy atom. The van der Waals surface area contributed by atoms with Crippen molar-refractivity contribution in [1.82, 2.24) is 14.8 Å². The van der Waals surface area contributed by atoms with Crippen LogP contribution in [0.1, 0.15) is 41.1 Å². The molecule has 6 heteroatoms. The van der Waals surface area contributed by atoms with Crippen molar-refractivity contribution in [3.05, 3.63) is 29.6 Å². The normalized spacial score (nSPS) is 17.5. The molecule has 1 aliphatic heterocycles. The number of carbonyl (C=O) groups excluding carboxylic acids is 1. The number of pyridine rings is 1. The van der Waals surface area contributed by atoms with E-state index in [1.807, 2.05) is 0 Å². The van der Waals surface area contributed by atoms with Crippen LogP contribution in [-0.2, 0) is 0 Å². The number of amides is 1. The maximum Gasteiger partial charge on any atom is 0.354 e. The van der Waals surface area contributed by atoms with E-state index >= 15 is 0 Å². The van der Waals surface area contributed by atoms with E-state index in [2.05, 4.69) is 23.7 Å². The predicted octanol–water partition coefficient (Wildman–Crippen LogP) is 1.34. The lowest BCUT2D eigenvalue weighted by Gasteiger charge is -2.37. The summed E-state index contributed by atoms with van der Waals surface area (Å²) in [6, 6.07) is 3.43. The summed E-state index contributed by atoms with van der Waals surface area (Å²) in [4.78, 5) is 31.1. The topological polar surface area (TPSA) is 73.7 Å². The van der Waals surface area contributed by atoms with Gasteiger partial charge in [-0.05, 0) is 25.5 Å². The molecule has 1 aromatic heterocycles. The molecule has 21 heavy (non-hydrogen) atoms. The number of carbonyl (C=O) groups is 2. The Balaban J connectivity index is 1.97. The number of nitrogens with zero attached hydrogens (tertiary/aromatic N) is 3. The summed E-state index contributed by atoms with van der Waals surface area (Å²) in [5.41, 5.74) is 0.394. The minimum absolute atomic E-state index is 0.0480. The van der Waals surface area contributed by atoms with Crippen molar-refractivity contribution in [1.29, 1.82) is 0 Å². The van der Waals surface area contributed by atoms with Crippen LogP contribution in [-0.4, -0.2) is 64.0 Å². The van der Waals surface area contributed by atoms with Crippen LogP contribution in [0.15, 0.2) is 18.3 Å². The molecule has 1 fully saturated rings. The standard InChI is InChI=1S/C15H21N3O3/c1-3-11(2)17-6-8-18(9-7-17)14(19)12-4-5-13(15(20)21)16-10-12/h4-5,10-11H,3,6-9H2,1-2H3,(H,20,21). The maximum atomic E-state index is 12.3. The van der Waals surface area contributed by atoms with E-state index in [9.17, 15) is 9.59 Å². The zero-order valence-electron chi connectivity index (χ0n) is 12.5. The van der Waals surface area contributed by atoms with Gasteiger partial charge in [-0.3, -0.25) is 9.69 Å². The Labute approximate surface area is 124 Å². The van der Waals surface area contributed by atoms with Gasteiger partial charge < -0.3 is 10.0 Å². The molecule has 0 radical (unpaired) electrons. The number of hydrogen-bond acceptors (Lipinski definition) is 4. The molecule has 1 aliphatic rings. The van der Waals surface area contributed by atoms with Crippen molar-refractivity contribution in [2.75, 3.05) is 26.2 Å². The molecule has 0 spiro atoms. The van der Waals surface area contributed by atoms with Gasteiger partial charge in [0.2, 0.25) is 0 Å². The quantitative estimate of drug-likeness (QED) is 0.906.